The molecule has 0 fully saturated rings. The first-order valence-electron chi connectivity index (χ1n) is 6.77. The third kappa shape index (κ3) is 3.99. The van der Waals surface area contributed by atoms with Crippen LogP contribution in [0.25, 0.3) is 0 Å². The van der Waals surface area contributed by atoms with Crippen molar-refractivity contribution in [1.29, 1.82) is 0 Å². The summed E-state index contributed by atoms with van der Waals surface area (Å²) < 4.78 is 10.9. The Morgan fingerprint density at radius 2 is 1.67 bits per heavy atom. The molecule has 2 aromatic rings. The van der Waals surface area contributed by atoms with E-state index in [0.717, 1.165) is 11.3 Å². The first kappa shape index (κ1) is 14.9. The Morgan fingerprint density at radius 1 is 1.05 bits per heavy atom. The Labute approximate surface area is 124 Å². The second kappa shape index (κ2) is 6.79. The largest absolute Gasteiger partial charge is 0.493 e. The maximum absolute atomic E-state index is 12.1. The first-order valence-corrected chi connectivity index (χ1v) is 6.77. The number of carbonyl (C=O) groups is 1. The molecule has 0 aliphatic heterocycles. The summed E-state index contributed by atoms with van der Waals surface area (Å²) in [6, 6.07) is 14.9. The number of aryl methyl sites for hydroxylation is 1. The normalized spacial score (nSPS) is 11.6. The Kier molecular flexibility index (Phi) is 4.82. The standard InChI is InChI=1S/C17H19NO3/c1-12-8-10-14(11-9-12)18-17(19)13(2)21-16-7-5-4-6-15(16)20-3/h4-11,13H,1-3H3,(H,18,19). The fraction of sp³-hybridized carbons (Fsp3) is 0.235. The van der Waals surface area contributed by atoms with Gasteiger partial charge in [-0.3, -0.25) is 4.79 Å². The Hall–Kier alpha value is -2.49. The molecule has 1 amide bonds. The van der Waals surface area contributed by atoms with Gasteiger partial charge in [-0.25, -0.2) is 0 Å². The molecule has 4 nitrogen and oxygen atoms in total. The van der Waals surface area contributed by atoms with Gasteiger partial charge in [0.1, 0.15) is 0 Å². The highest BCUT2D eigenvalue weighted by Gasteiger charge is 2.16. The maximum Gasteiger partial charge on any atom is 0.265 e. The van der Waals surface area contributed by atoms with E-state index < -0.39 is 6.10 Å². The van der Waals surface area contributed by atoms with Gasteiger partial charge in [-0.1, -0.05) is 29.8 Å². The summed E-state index contributed by atoms with van der Waals surface area (Å²) in [4.78, 5) is 12.1. The van der Waals surface area contributed by atoms with E-state index in [1.165, 1.54) is 0 Å². The number of anilines is 1. The average molecular weight is 285 g/mol. The van der Waals surface area contributed by atoms with Crippen molar-refractivity contribution in [2.24, 2.45) is 0 Å². The topological polar surface area (TPSA) is 47.6 Å². The summed E-state index contributed by atoms with van der Waals surface area (Å²) in [5.41, 5.74) is 1.90. The minimum Gasteiger partial charge on any atom is -0.493 e. The Morgan fingerprint density at radius 3 is 2.29 bits per heavy atom. The summed E-state index contributed by atoms with van der Waals surface area (Å²) in [5, 5.41) is 2.82. The zero-order chi connectivity index (χ0) is 15.2. The number of benzene rings is 2. The smallest absolute Gasteiger partial charge is 0.265 e. The third-order valence-electron chi connectivity index (χ3n) is 3.06. The van der Waals surface area contributed by atoms with Crippen molar-refractivity contribution in [3.63, 3.8) is 0 Å². The number of carbonyl (C=O) groups excluding carboxylic acids is 1. The van der Waals surface area contributed by atoms with Crippen LogP contribution in [0.3, 0.4) is 0 Å². The van der Waals surface area contributed by atoms with Gasteiger partial charge in [-0.15, -0.1) is 0 Å². The van der Waals surface area contributed by atoms with E-state index in [2.05, 4.69) is 5.32 Å². The second-order valence-electron chi connectivity index (χ2n) is 4.77. The van der Waals surface area contributed by atoms with Crippen LogP contribution < -0.4 is 14.8 Å². The molecule has 2 aromatic carbocycles. The summed E-state index contributed by atoms with van der Waals surface area (Å²) in [6.07, 6.45) is -0.623. The minimum atomic E-state index is -0.623. The molecule has 21 heavy (non-hydrogen) atoms. The molecule has 1 N–H and O–H groups in total. The van der Waals surface area contributed by atoms with Crippen molar-refractivity contribution in [1.82, 2.24) is 0 Å². The number of hydrogen-bond acceptors (Lipinski definition) is 3. The molecule has 0 saturated carbocycles. The van der Waals surface area contributed by atoms with Gasteiger partial charge in [-0.05, 0) is 38.1 Å². The van der Waals surface area contributed by atoms with Crippen LogP contribution >= 0.6 is 0 Å². The van der Waals surface area contributed by atoms with Gasteiger partial charge >= 0.3 is 0 Å². The van der Waals surface area contributed by atoms with Crippen LogP contribution in [0.1, 0.15) is 12.5 Å². The molecule has 110 valence electrons. The fourth-order valence-corrected chi connectivity index (χ4v) is 1.84. The fourth-order valence-electron chi connectivity index (χ4n) is 1.84. The lowest BCUT2D eigenvalue weighted by atomic mass is 10.2. The van der Waals surface area contributed by atoms with E-state index in [9.17, 15) is 4.79 Å². The molecule has 2 rings (SSSR count). The molecule has 0 bridgehead atoms. The van der Waals surface area contributed by atoms with E-state index in [4.69, 9.17) is 9.47 Å². The van der Waals surface area contributed by atoms with Crippen LogP contribution in [0.2, 0.25) is 0 Å². The lowest BCUT2D eigenvalue weighted by Crippen LogP contribution is -2.30. The number of rotatable bonds is 5. The molecule has 0 heterocycles. The summed E-state index contributed by atoms with van der Waals surface area (Å²) in [5.74, 6) is 0.948. The number of ether oxygens (including phenoxy) is 2. The highest BCUT2D eigenvalue weighted by atomic mass is 16.5. The molecular weight excluding hydrogens is 266 g/mol. The quantitative estimate of drug-likeness (QED) is 0.915. The van der Waals surface area contributed by atoms with Gasteiger partial charge in [0.2, 0.25) is 0 Å². The number of methoxy groups -OCH3 is 1. The van der Waals surface area contributed by atoms with Crippen molar-refractivity contribution in [2.45, 2.75) is 20.0 Å². The van der Waals surface area contributed by atoms with E-state index >= 15 is 0 Å². The molecule has 4 heteroatoms. The summed E-state index contributed by atoms with van der Waals surface area (Å²) in [7, 11) is 1.57. The van der Waals surface area contributed by atoms with Gasteiger partial charge in [0.15, 0.2) is 17.6 Å². The van der Waals surface area contributed by atoms with E-state index in [1.54, 1.807) is 26.2 Å². The molecule has 0 aliphatic rings. The van der Waals surface area contributed by atoms with Crippen LogP contribution in [-0.2, 0) is 4.79 Å². The SMILES string of the molecule is COc1ccccc1OC(C)C(=O)Nc1ccc(C)cc1. The van der Waals surface area contributed by atoms with Crippen molar-refractivity contribution in [3.8, 4) is 11.5 Å². The minimum absolute atomic E-state index is 0.204. The number of nitrogens with one attached hydrogen (secondary N) is 1. The van der Waals surface area contributed by atoms with Gasteiger partial charge in [0.05, 0.1) is 7.11 Å². The van der Waals surface area contributed by atoms with Crippen molar-refractivity contribution < 1.29 is 14.3 Å². The maximum atomic E-state index is 12.1. The third-order valence-corrected chi connectivity index (χ3v) is 3.06. The summed E-state index contributed by atoms with van der Waals surface area (Å²) >= 11 is 0. The Balaban J connectivity index is 2.01. The van der Waals surface area contributed by atoms with E-state index in [0.29, 0.717) is 11.5 Å². The molecule has 1 unspecified atom stereocenters. The van der Waals surface area contributed by atoms with Gasteiger partial charge in [0.25, 0.3) is 5.91 Å². The van der Waals surface area contributed by atoms with Crippen molar-refractivity contribution >= 4 is 11.6 Å². The highest BCUT2D eigenvalue weighted by Crippen LogP contribution is 2.26. The predicted octanol–water partition coefficient (Wildman–Crippen LogP) is 3.41. The van der Waals surface area contributed by atoms with Crippen LogP contribution in [0.5, 0.6) is 11.5 Å². The molecule has 0 spiro atoms. The summed E-state index contributed by atoms with van der Waals surface area (Å²) in [6.45, 7) is 3.70. The van der Waals surface area contributed by atoms with Crippen LogP contribution in [0.4, 0.5) is 5.69 Å². The van der Waals surface area contributed by atoms with Crippen LogP contribution in [0, 0.1) is 6.92 Å². The van der Waals surface area contributed by atoms with E-state index in [1.807, 2.05) is 43.3 Å². The molecule has 0 saturated heterocycles. The number of amides is 1. The molecule has 0 aromatic heterocycles. The average Bonchev–Trinajstić information content (AvgIpc) is 2.50. The van der Waals surface area contributed by atoms with Crippen molar-refractivity contribution in [2.75, 3.05) is 12.4 Å². The lowest BCUT2D eigenvalue weighted by molar-refractivity contribution is -0.122. The number of para-hydroxylation sites is 2. The van der Waals surface area contributed by atoms with Gasteiger partial charge < -0.3 is 14.8 Å². The molecule has 1 atom stereocenters. The predicted molar refractivity (Wildman–Crippen MR) is 82.9 cm³/mol. The van der Waals surface area contributed by atoms with Gasteiger partial charge in [0, 0.05) is 5.69 Å². The molecule has 0 aliphatic carbocycles. The highest BCUT2D eigenvalue weighted by molar-refractivity contribution is 5.94. The van der Waals surface area contributed by atoms with E-state index in [-0.39, 0.29) is 5.91 Å². The Bertz CT molecular complexity index is 608. The zero-order valence-electron chi connectivity index (χ0n) is 12.4. The monoisotopic (exact) mass is 285 g/mol. The lowest BCUT2D eigenvalue weighted by Gasteiger charge is -2.16. The molecular formula is C17H19NO3. The second-order valence-corrected chi connectivity index (χ2v) is 4.77. The molecule has 0 radical (unpaired) electrons. The zero-order valence-corrected chi connectivity index (χ0v) is 12.4. The van der Waals surface area contributed by atoms with Crippen molar-refractivity contribution in [3.05, 3.63) is 54.1 Å². The van der Waals surface area contributed by atoms with Crippen LogP contribution in [-0.4, -0.2) is 19.1 Å². The number of hydrogen-bond donors (Lipinski definition) is 1. The first-order chi connectivity index (χ1) is 10.1. The van der Waals surface area contributed by atoms with Gasteiger partial charge in [-0.2, -0.15) is 0 Å². The van der Waals surface area contributed by atoms with Crippen LogP contribution in [0.15, 0.2) is 48.5 Å².